The second-order valence-electron chi connectivity index (χ2n) is 1.71. The van der Waals surface area contributed by atoms with Crippen molar-refractivity contribution in [2.75, 3.05) is 7.11 Å². The molecule has 0 unspecified atom stereocenters. The number of carbonyl (C=O) groups excluding carboxylic acids is 2. The molecular weight excluding hydrogens is 172 g/mol. The second kappa shape index (κ2) is 3.98. The van der Waals surface area contributed by atoms with Crippen molar-refractivity contribution in [3.05, 3.63) is 10.8 Å². The number of hydrogen-bond acceptors (Lipinski definition) is 4. The van der Waals surface area contributed by atoms with Gasteiger partial charge in [0.1, 0.15) is 5.03 Å². The molecular formula is C6H7ClO4. The Labute approximate surface area is 68.4 Å². The molecule has 4 nitrogen and oxygen atoms in total. The number of halogens is 1. The van der Waals surface area contributed by atoms with E-state index in [0.717, 1.165) is 14.0 Å². The monoisotopic (exact) mass is 178 g/mol. The topological polar surface area (TPSA) is 63.6 Å². The van der Waals surface area contributed by atoms with Gasteiger partial charge >= 0.3 is 5.97 Å². The van der Waals surface area contributed by atoms with Crippen LogP contribution in [0.4, 0.5) is 0 Å². The standard InChI is InChI=1S/C6H7ClO4/c1-3(8)4(7)5(9)6(10)11-2/h9H,1-2H3. The molecule has 0 aromatic heterocycles. The summed E-state index contributed by atoms with van der Waals surface area (Å²) in [6.07, 6.45) is 0. The Balaban J connectivity index is 4.66. The van der Waals surface area contributed by atoms with E-state index in [1.807, 2.05) is 0 Å². The van der Waals surface area contributed by atoms with Gasteiger partial charge in [-0.1, -0.05) is 11.6 Å². The Morgan fingerprint density at radius 2 is 1.91 bits per heavy atom. The van der Waals surface area contributed by atoms with E-state index >= 15 is 0 Å². The van der Waals surface area contributed by atoms with Crippen LogP contribution in [0.2, 0.25) is 0 Å². The maximum absolute atomic E-state index is 10.5. The van der Waals surface area contributed by atoms with Crippen molar-refractivity contribution in [1.29, 1.82) is 0 Å². The van der Waals surface area contributed by atoms with E-state index in [9.17, 15) is 9.59 Å². The van der Waals surface area contributed by atoms with E-state index in [1.165, 1.54) is 0 Å². The fraction of sp³-hybridized carbons (Fsp3) is 0.333. The second-order valence-corrected chi connectivity index (χ2v) is 2.09. The zero-order chi connectivity index (χ0) is 9.02. The first-order chi connectivity index (χ1) is 5.00. The van der Waals surface area contributed by atoms with Crippen LogP contribution in [0.25, 0.3) is 0 Å². The molecule has 0 radical (unpaired) electrons. The van der Waals surface area contributed by atoms with Gasteiger partial charge in [0, 0.05) is 6.92 Å². The van der Waals surface area contributed by atoms with Crippen LogP contribution in [0.3, 0.4) is 0 Å². The highest BCUT2D eigenvalue weighted by atomic mass is 35.5. The molecule has 0 aromatic rings. The van der Waals surface area contributed by atoms with Gasteiger partial charge in [-0.3, -0.25) is 4.79 Å². The number of ketones is 1. The average Bonchev–Trinajstić information content (AvgIpc) is 2.00. The molecule has 0 saturated carbocycles. The smallest absolute Gasteiger partial charge is 0.374 e. The summed E-state index contributed by atoms with van der Waals surface area (Å²) >= 11 is 5.22. The van der Waals surface area contributed by atoms with Gasteiger partial charge in [-0.25, -0.2) is 4.79 Å². The lowest BCUT2D eigenvalue weighted by Crippen LogP contribution is -2.08. The van der Waals surface area contributed by atoms with E-state index in [4.69, 9.17) is 16.7 Å². The number of aliphatic hydroxyl groups is 1. The summed E-state index contributed by atoms with van der Waals surface area (Å²) in [6.45, 7) is 1.13. The maximum atomic E-state index is 10.5. The predicted octanol–water partition coefficient (Wildman–Crippen LogP) is 0.757. The van der Waals surface area contributed by atoms with E-state index in [0.29, 0.717) is 0 Å². The van der Waals surface area contributed by atoms with Gasteiger partial charge in [-0.2, -0.15) is 0 Å². The molecule has 62 valence electrons. The number of hydrogen-bond donors (Lipinski definition) is 1. The number of esters is 1. The van der Waals surface area contributed by atoms with Crippen molar-refractivity contribution in [3.63, 3.8) is 0 Å². The predicted molar refractivity (Wildman–Crippen MR) is 38.2 cm³/mol. The Morgan fingerprint density at radius 1 is 1.45 bits per heavy atom. The first-order valence-corrected chi connectivity index (χ1v) is 3.06. The first-order valence-electron chi connectivity index (χ1n) is 2.68. The van der Waals surface area contributed by atoms with Gasteiger partial charge in [0.25, 0.3) is 0 Å². The van der Waals surface area contributed by atoms with E-state index < -0.39 is 22.5 Å². The number of carbonyl (C=O) groups is 2. The van der Waals surface area contributed by atoms with Crippen LogP contribution in [-0.4, -0.2) is 24.0 Å². The normalized spacial score (nSPS) is 11.9. The zero-order valence-corrected chi connectivity index (χ0v) is 6.81. The number of rotatable bonds is 2. The van der Waals surface area contributed by atoms with E-state index in [2.05, 4.69) is 4.74 Å². The maximum Gasteiger partial charge on any atom is 0.374 e. The van der Waals surface area contributed by atoms with Crippen LogP contribution in [0.5, 0.6) is 0 Å². The fourth-order valence-electron chi connectivity index (χ4n) is 0.353. The molecule has 0 saturated heterocycles. The van der Waals surface area contributed by atoms with Crippen molar-refractivity contribution in [3.8, 4) is 0 Å². The molecule has 0 aliphatic heterocycles. The number of allylic oxidation sites excluding steroid dienone is 1. The summed E-state index contributed by atoms with van der Waals surface area (Å²) in [5.74, 6) is -2.47. The van der Waals surface area contributed by atoms with Crippen molar-refractivity contribution in [2.45, 2.75) is 6.92 Å². The molecule has 0 fully saturated rings. The molecule has 0 bridgehead atoms. The number of Topliss-reactive ketones (excluding diaryl/α,β-unsaturated/α-hetero) is 1. The van der Waals surface area contributed by atoms with Crippen LogP contribution >= 0.6 is 11.6 Å². The highest BCUT2D eigenvalue weighted by molar-refractivity contribution is 6.43. The highest BCUT2D eigenvalue weighted by Crippen LogP contribution is 2.08. The minimum Gasteiger partial charge on any atom is -0.501 e. The lowest BCUT2D eigenvalue weighted by atomic mass is 10.3. The molecule has 0 amide bonds. The van der Waals surface area contributed by atoms with Crippen LogP contribution in [0, 0.1) is 0 Å². The Morgan fingerprint density at radius 3 is 2.18 bits per heavy atom. The van der Waals surface area contributed by atoms with Gasteiger partial charge in [-0.15, -0.1) is 0 Å². The summed E-state index contributed by atoms with van der Waals surface area (Å²) in [6, 6.07) is 0. The van der Waals surface area contributed by atoms with Crippen LogP contribution in [0.15, 0.2) is 10.8 Å². The fourth-order valence-corrected chi connectivity index (χ4v) is 0.430. The van der Waals surface area contributed by atoms with Crippen LogP contribution < -0.4 is 0 Å². The molecule has 5 heteroatoms. The van der Waals surface area contributed by atoms with Gasteiger partial charge in [0.05, 0.1) is 7.11 Å². The molecule has 1 N–H and O–H groups in total. The summed E-state index contributed by atoms with van der Waals surface area (Å²) < 4.78 is 4.10. The third-order valence-corrected chi connectivity index (χ3v) is 1.34. The largest absolute Gasteiger partial charge is 0.501 e. The molecule has 0 rings (SSSR count). The first kappa shape index (κ1) is 9.97. The van der Waals surface area contributed by atoms with Gasteiger partial charge in [-0.05, 0) is 0 Å². The number of aliphatic hydroxyl groups excluding tert-OH is 1. The van der Waals surface area contributed by atoms with Crippen molar-refractivity contribution in [2.24, 2.45) is 0 Å². The lowest BCUT2D eigenvalue weighted by Gasteiger charge is -1.97. The highest BCUT2D eigenvalue weighted by Gasteiger charge is 2.15. The lowest BCUT2D eigenvalue weighted by molar-refractivity contribution is -0.139. The number of ether oxygens (including phenoxy) is 1. The Kier molecular flexibility index (Phi) is 3.60. The third kappa shape index (κ3) is 2.59. The third-order valence-electron chi connectivity index (χ3n) is 0.896. The molecule has 0 heterocycles. The molecule has 11 heavy (non-hydrogen) atoms. The molecule has 0 atom stereocenters. The van der Waals surface area contributed by atoms with Crippen molar-refractivity contribution < 1.29 is 19.4 Å². The van der Waals surface area contributed by atoms with E-state index in [1.54, 1.807) is 0 Å². The summed E-state index contributed by atoms with van der Waals surface area (Å²) in [7, 11) is 1.07. The zero-order valence-electron chi connectivity index (χ0n) is 6.05. The number of methoxy groups -OCH3 is 1. The minimum atomic E-state index is -1.02. The summed E-state index contributed by atoms with van der Waals surface area (Å²) in [5, 5.41) is 8.29. The van der Waals surface area contributed by atoms with Crippen LogP contribution in [-0.2, 0) is 14.3 Å². The Bertz CT molecular complexity index is 219. The van der Waals surface area contributed by atoms with Crippen LogP contribution in [0.1, 0.15) is 6.92 Å². The molecule has 0 aliphatic carbocycles. The van der Waals surface area contributed by atoms with Gasteiger partial charge < -0.3 is 9.84 Å². The van der Waals surface area contributed by atoms with E-state index in [-0.39, 0.29) is 0 Å². The van der Waals surface area contributed by atoms with Gasteiger partial charge in [0.2, 0.25) is 5.76 Å². The van der Waals surface area contributed by atoms with Crippen molar-refractivity contribution in [1.82, 2.24) is 0 Å². The SMILES string of the molecule is COC(=O)C(O)=C(Cl)C(C)=O. The minimum absolute atomic E-state index is 0.517. The van der Waals surface area contributed by atoms with Gasteiger partial charge in [0.15, 0.2) is 5.78 Å². The summed E-state index contributed by atoms with van der Waals surface area (Å²) in [5.41, 5.74) is 0. The summed E-state index contributed by atoms with van der Waals surface area (Å²) in [4.78, 5) is 20.9. The molecule has 0 spiro atoms. The molecule has 0 aromatic carbocycles. The Hall–Kier alpha value is -1.03. The average molecular weight is 179 g/mol. The quantitative estimate of drug-likeness (QED) is 0.385. The van der Waals surface area contributed by atoms with Crippen molar-refractivity contribution >= 4 is 23.4 Å². The molecule has 0 aliphatic rings.